The van der Waals surface area contributed by atoms with Gasteiger partial charge in [0, 0.05) is 12.7 Å². The number of likely N-dealkylation sites (N-methyl/N-ethyl adjacent to an activating group) is 1. The van der Waals surface area contributed by atoms with Crippen molar-refractivity contribution in [1.29, 1.82) is 0 Å². The van der Waals surface area contributed by atoms with Gasteiger partial charge in [0.1, 0.15) is 10.8 Å². The number of carbonyl (C=O) groups excluding carboxylic acids is 2. The highest BCUT2D eigenvalue weighted by Gasteiger charge is 2.19. The molecule has 0 bridgehead atoms. The SMILES string of the molecule is Cc1ccc(NC(=O)CN(C)C(=O)c2nc(Cl)ccc2Cl)cc1. The summed E-state index contributed by atoms with van der Waals surface area (Å²) in [5.41, 5.74) is 1.78. The minimum Gasteiger partial charge on any atom is -0.331 e. The molecule has 0 unspecified atom stereocenters. The van der Waals surface area contributed by atoms with Gasteiger partial charge in [-0.15, -0.1) is 0 Å². The lowest BCUT2D eigenvalue weighted by atomic mass is 10.2. The molecule has 0 radical (unpaired) electrons. The molecule has 0 saturated heterocycles. The van der Waals surface area contributed by atoms with Crippen molar-refractivity contribution in [3.63, 3.8) is 0 Å². The second-order valence-electron chi connectivity index (χ2n) is 5.04. The molecule has 2 amide bonds. The quantitative estimate of drug-likeness (QED) is 0.858. The van der Waals surface area contributed by atoms with Gasteiger partial charge < -0.3 is 10.2 Å². The van der Waals surface area contributed by atoms with E-state index in [1.807, 2.05) is 19.1 Å². The van der Waals surface area contributed by atoms with Gasteiger partial charge in [-0.05, 0) is 31.2 Å². The number of pyridine rings is 1. The van der Waals surface area contributed by atoms with E-state index in [0.717, 1.165) is 5.56 Å². The summed E-state index contributed by atoms with van der Waals surface area (Å²) in [6.45, 7) is 1.83. The Labute approximate surface area is 144 Å². The van der Waals surface area contributed by atoms with E-state index < -0.39 is 5.91 Å². The Morgan fingerprint density at radius 3 is 2.43 bits per heavy atom. The predicted octanol–water partition coefficient (Wildman–Crippen LogP) is 3.41. The van der Waals surface area contributed by atoms with Crippen LogP contribution >= 0.6 is 23.2 Å². The largest absolute Gasteiger partial charge is 0.331 e. The van der Waals surface area contributed by atoms with E-state index in [2.05, 4.69) is 10.3 Å². The molecule has 0 saturated carbocycles. The lowest BCUT2D eigenvalue weighted by molar-refractivity contribution is -0.116. The first kappa shape index (κ1) is 17.2. The van der Waals surface area contributed by atoms with E-state index in [1.165, 1.54) is 24.1 Å². The van der Waals surface area contributed by atoms with Gasteiger partial charge in [-0.25, -0.2) is 4.98 Å². The average molecular weight is 352 g/mol. The second-order valence-corrected chi connectivity index (χ2v) is 5.83. The molecule has 0 aliphatic heterocycles. The van der Waals surface area contributed by atoms with Crippen LogP contribution in [0, 0.1) is 6.92 Å². The maximum atomic E-state index is 12.3. The number of amides is 2. The average Bonchev–Trinajstić information content (AvgIpc) is 2.51. The van der Waals surface area contributed by atoms with Gasteiger partial charge in [-0.3, -0.25) is 9.59 Å². The third-order valence-corrected chi connectivity index (χ3v) is 3.59. The molecule has 1 aromatic carbocycles. The Hall–Kier alpha value is -2.11. The van der Waals surface area contributed by atoms with Crippen molar-refractivity contribution >= 4 is 40.7 Å². The van der Waals surface area contributed by atoms with Crippen molar-refractivity contribution < 1.29 is 9.59 Å². The van der Waals surface area contributed by atoms with Crippen LogP contribution in [0.4, 0.5) is 5.69 Å². The molecule has 0 atom stereocenters. The molecule has 1 N–H and O–H groups in total. The van der Waals surface area contributed by atoms with Gasteiger partial charge >= 0.3 is 0 Å². The molecule has 120 valence electrons. The van der Waals surface area contributed by atoms with Crippen LogP contribution in [0.15, 0.2) is 36.4 Å². The normalized spacial score (nSPS) is 10.3. The molecule has 1 aromatic heterocycles. The molecule has 0 spiro atoms. The van der Waals surface area contributed by atoms with Gasteiger partial charge in [0.05, 0.1) is 11.6 Å². The number of aryl methyl sites for hydroxylation is 1. The van der Waals surface area contributed by atoms with Crippen molar-refractivity contribution in [2.45, 2.75) is 6.92 Å². The molecule has 2 rings (SSSR count). The van der Waals surface area contributed by atoms with E-state index in [1.54, 1.807) is 12.1 Å². The standard InChI is InChI=1S/C16H15Cl2N3O2/c1-10-3-5-11(6-4-10)19-14(22)9-21(2)16(23)15-12(17)7-8-13(18)20-15/h3-8H,9H2,1-2H3,(H,19,22). The monoisotopic (exact) mass is 351 g/mol. The third kappa shape index (κ3) is 4.68. The minimum atomic E-state index is -0.475. The van der Waals surface area contributed by atoms with Crippen molar-refractivity contribution in [1.82, 2.24) is 9.88 Å². The third-order valence-electron chi connectivity index (χ3n) is 3.08. The molecule has 0 fully saturated rings. The summed E-state index contributed by atoms with van der Waals surface area (Å²) in [6, 6.07) is 10.4. The van der Waals surface area contributed by atoms with E-state index >= 15 is 0 Å². The maximum absolute atomic E-state index is 12.3. The lowest BCUT2D eigenvalue weighted by Crippen LogP contribution is -2.35. The number of aromatic nitrogens is 1. The number of nitrogens with one attached hydrogen (secondary N) is 1. The number of rotatable bonds is 4. The maximum Gasteiger partial charge on any atom is 0.274 e. The Morgan fingerprint density at radius 2 is 1.78 bits per heavy atom. The highest BCUT2D eigenvalue weighted by atomic mass is 35.5. The highest BCUT2D eigenvalue weighted by Crippen LogP contribution is 2.18. The van der Waals surface area contributed by atoms with Crippen molar-refractivity contribution in [3.8, 4) is 0 Å². The van der Waals surface area contributed by atoms with Gasteiger partial charge in [0.15, 0.2) is 0 Å². The molecule has 0 aliphatic carbocycles. The molecule has 5 nitrogen and oxygen atoms in total. The Morgan fingerprint density at radius 1 is 1.13 bits per heavy atom. The first-order chi connectivity index (χ1) is 10.9. The zero-order valence-electron chi connectivity index (χ0n) is 12.6. The van der Waals surface area contributed by atoms with Crippen LogP contribution in [-0.4, -0.2) is 35.3 Å². The van der Waals surface area contributed by atoms with Gasteiger partial charge in [0.2, 0.25) is 5.91 Å². The van der Waals surface area contributed by atoms with Gasteiger partial charge in [-0.1, -0.05) is 40.9 Å². The molecular weight excluding hydrogens is 337 g/mol. The van der Waals surface area contributed by atoms with Crippen LogP contribution in [0.1, 0.15) is 16.1 Å². The van der Waals surface area contributed by atoms with Gasteiger partial charge in [-0.2, -0.15) is 0 Å². The van der Waals surface area contributed by atoms with E-state index in [-0.39, 0.29) is 28.3 Å². The number of anilines is 1. The van der Waals surface area contributed by atoms with E-state index in [4.69, 9.17) is 23.2 Å². The van der Waals surface area contributed by atoms with Crippen LogP contribution in [0.5, 0.6) is 0 Å². The summed E-state index contributed by atoms with van der Waals surface area (Å²) < 4.78 is 0. The Balaban J connectivity index is 2.01. The molecular formula is C16H15Cl2N3O2. The van der Waals surface area contributed by atoms with E-state index in [9.17, 15) is 9.59 Å². The number of halogens is 2. The smallest absolute Gasteiger partial charge is 0.274 e. The number of hydrogen-bond acceptors (Lipinski definition) is 3. The summed E-state index contributed by atoms with van der Waals surface area (Å²) in [7, 11) is 1.50. The molecule has 1 heterocycles. The zero-order valence-corrected chi connectivity index (χ0v) is 14.1. The topological polar surface area (TPSA) is 62.3 Å². The fourth-order valence-electron chi connectivity index (χ4n) is 1.87. The van der Waals surface area contributed by atoms with Crippen LogP contribution in [0.25, 0.3) is 0 Å². The van der Waals surface area contributed by atoms with Crippen LogP contribution in [0.2, 0.25) is 10.2 Å². The number of nitrogens with zero attached hydrogens (tertiary/aromatic N) is 2. The van der Waals surface area contributed by atoms with Crippen LogP contribution in [0.3, 0.4) is 0 Å². The van der Waals surface area contributed by atoms with Crippen molar-refractivity contribution in [2.75, 3.05) is 18.9 Å². The number of hydrogen-bond donors (Lipinski definition) is 1. The minimum absolute atomic E-state index is 0.0183. The fraction of sp³-hybridized carbons (Fsp3) is 0.188. The summed E-state index contributed by atoms with van der Waals surface area (Å²) >= 11 is 11.7. The second kappa shape index (κ2) is 7.44. The Bertz CT molecular complexity index is 733. The predicted molar refractivity (Wildman–Crippen MR) is 91.0 cm³/mol. The van der Waals surface area contributed by atoms with Gasteiger partial charge in [0.25, 0.3) is 5.91 Å². The molecule has 2 aromatic rings. The van der Waals surface area contributed by atoms with Crippen molar-refractivity contribution in [2.24, 2.45) is 0 Å². The summed E-state index contributed by atoms with van der Waals surface area (Å²) in [5.74, 6) is -0.792. The zero-order chi connectivity index (χ0) is 17.0. The molecule has 0 aliphatic rings. The lowest BCUT2D eigenvalue weighted by Gasteiger charge is -2.17. The number of carbonyl (C=O) groups is 2. The Kier molecular flexibility index (Phi) is 5.58. The first-order valence-corrected chi connectivity index (χ1v) is 7.56. The molecule has 23 heavy (non-hydrogen) atoms. The highest BCUT2D eigenvalue weighted by molar-refractivity contribution is 6.34. The summed E-state index contributed by atoms with van der Waals surface area (Å²) in [4.78, 5) is 29.4. The summed E-state index contributed by atoms with van der Waals surface area (Å²) in [5, 5.41) is 3.07. The van der Waals surface area contributed by atoms with E-state index in [0.29, 0.717) is 5.69 Å². The van der Waals surface area contributed by atoms with Crippen LogP contribution in [-0.2, 0) is 4.79 Å². The molecule has 7 heteroatoms. The fourth-order valence-corrected chi connectivity index (χ4v) is 2.21. The number of benzene rings is 1. The summed E-state index contributed by atoms with van der Waals surface area (Å²) in [6.07, 6.45) is 0. The first-order valence-electron chi connectivity index (χ1n) is 6.81. The van der Waals surface area contributed by atoms with Crippen LogP contribution < -0.4 is 5.32 Å². The van der Waals surface area contributed by atoms with Crippen molar-refractivity contribution in [3.05, 3.63) is 57.8 Å².